The van der Waals surface area contributed by atoms with Crippen molar-refractivity contribution in [1.82, 2.24) is 15.0 Å². The molecule has 1 N–H and O–H groups in total. The Hall–Kier alpha value is -5.80. The number of para-hydroxylation sites is 2. The summed E-state index contributed by atoms with van der Waals surface area (Å²) in [5.74, 6) is 0. The molecule has 3 heterocycles. The Morgan fingerprint density at radius 2 is 1.00 bits per heavy atom. The molecule has 0 bridgehead atoms. The molecule has 0 saturated carbocycles. The third kappa shape index (κ3) is 5.40. The van der Waals surface area contributed by atoms with Gasteiger partial charge >= 0.3 is 0 Å². The minimum atomic E-state index is 0.0407. The van der Waals surface area contributed by atoms with Crippen LogP contribution in [0.5, 0.6) is 0 Å². The van der Waals surface area contributed by atoms with Crippen molar-refractivity contribution < 1.29 is 0 Å². The number of hydrogen-bond acceptors (Lipinski definition) is 2. The number of aromatic amines is 1. The lowest BCUT2D eigenvalue weighted by atomic mass is 9.86. The zero-order chi connectivity index (χ0) is 32.0. The first kappa shape index (κ1) is 28.7. The fourth-order valence-electron chi connectivity index (χ4n) is 6.52. The van der Waals surface area contributed by atoms with Crippen molar-refractivity contribution in [2.45, 2.75) is 26.2 Å². The second-order valence-corrected chi connectivity index (χ2v) is 13.2. The number of fused-ring (bicyclic) bond motifs is 3. The average molecular weight is 606 g/mol. The SMILES string of the molecule is CC(C)(C)c1cccc(-c2cc(-c3ccccc3)cc(-c3cccc4c3[nH]c3c(-c5cc(-c6ccccc6)ccn5)cccc34)n2)c1. The molecule has 0 radical (unpaired) electrons. The van der Waals surface area contributed by atoms with E-state index in [-0.39, 0.29) is 5.41 Å². The van der Waals surface area contributed by atoms with Gasteiger partial charge < -0.3 is 4.98 Å². The first-order chi connectivity index (χ1) is 22.9. The number of nitrogens with one attached hydrogen (secondary N) is 1. The van der Waals surface area contributed by atoms with E-state index < -0.39 is 0 Å². The van der Waals surface area contributed by atoms with E-state index in [1.165, 1.54) is 27.5 Å². The summed E-state index contributed by atoms with van der Waals surface area (Å²) in [6.45, 7) is 6.76. The summed E-state index contributed by atoms with van der Waals surface area (Å²) in [5, 5.41) is 2.34. The molecule has 226 valence electrons. The predicted molar refractivity (Wildman–Crippen MR) is 197 cm³/mol. The van der Waals surface area contributed by atoms with Gasteiger partial charge in [-0.2, -0.15) is 0 Å². The van der Waals surface area contributed by atoms with Gasteiger partial charge in [0.25, 0.3) is 0 Å². The fourth-order valence-corrected chi connectivity index (χ4v) is 6.52. The Kier molecular flexibility index (Phi) is 7.03. The Labute approximate surface area is 275 Å². The minimum absolute atomic E-state index is 0.0407. The highest BCUT2D eigenvalue weighted by molar-refractivity contribution is 6.15. The second-order valence-electron chi connectivity index (χ2n) is 13.2. The first-order valence-electron chi connectivity index (χ1n) is 16.2. The van der Waals surface area contributed by atoms with Crippen LogP contribution in [0.2, 0.25) is 0 Å². The number of pyridine rings is 2. The third-order valence-corrected chi connectivity index (χ3v) is 9.04. The number of H-pyrrole nitrogens is 1. The molecule has 8 aromatic rings. The van der Waals surface area contributed by atoms with Crippen LogP contribution in [0, 0.1) is 0 Å². The molecule has 5 aromatic carbocycles. The van der Waals surface area contributed by atoms with Gasteiger partial charge in [0, 0.05) is 33.7 Å². The predicted octanol–water partition coefficient (Wildman–Crippen LogP) is 11.7. The van der Waals surface area contributed by atoms with Crippen LogP contribution < -0.4 is 0 Å². The van der Waals surface area contributed by atoms with Crippen LogP contribution in [0.15, 0.2) is 152 Å². The lowest BCUT2D eigenvalue weighted by Crippen LogP contribution is -2.10. The van der Waals surface area contributed by atoms with Crippen molar-refractivity contribution in [2.75, 3.05) is 0 Å². The van der Waals surface area contributed by atoms with Crippen LogP contribution in [-0.2, 0) is 5.41 Å². The van der Waals surface area contributed by atoms with Crippen LogP contribution in [-0.4, -0.2) is 15.0 Å². The average Bonchev–Trinajstić information content (AvgIpc) is 3.51. The summed E-state index contributed by atoms with van der Waals surface area (Å²) >= 11 is 0. The van der Waals surface area contributed by atoms with Gasteiger partial charge in [-0.3, -0.25) is 4.98 Å². The zero-order valence-electron chi connectivity index (χ0n) is 26.8. The van der Waals surface area contributed by atoms with Crippen LogP contribution in [0.1, 0.15) is 26.3 Å². The van der Waals surface area contributed by atoms with Crippen molar-refractivity contribution in [3.8, 4) is 56.0 Å². The highest BCUT2D eigenvalue weighted by Gasteiger charge is 2.18. The van der Waals surface area contributed by atoms with Crippen LogP contribution in [0.25, 0.3) is 77.8 Å². The van der Waals surface area contributed by atoms with Crippen molar-refractivity contribution in [3.63, 3.8) is 0 Å². The quantitative estimate of drug-likeness (QED) is 0.212. The summed E-state index contributed by atoms with van der Waals surface area (Å²) in [5.41, 5.74) is 14.2. The molecular formula is C44H35N3. The molecule has 0 spiro atoms. The van der Waals surface area contributed by atoms with E-state index in [0.29, 0.717) is 0 Å². The molecule has 3 nitrogen and oxygen atoms in total. The molecule has 8 rings (SSSR count). The highest BCUT2D eigenvalue weighted by atomic mass is 14.8. The molecule has 0 unspecified atom stereocenters. The van der Waals surface area contributed by atoms with Gasteiger partial charge in [0.1, 0.15) is 0 Å². The van der Waals surface area contributed by atoms with Gasteiger partial charge in [-0.1, -0.05) is 136 Å². The maximum Gasteiger partial charge on any atom is 0.0736 e. The van der Waals surface area contributed by atoms with Crippen molar-refractivity contribution >= 4 is 21.8 Å². The van der Waals surface area contributed by atoms with Crippen molar-refractivity contribution in [1.29, 1.82) is 0 Å². The maximum absolute atomic E-state index is 5.34. The summed E-state index contributed by atoms with van der Waals surface area (Å²) in [4.78, 5) is 14.0. The van der Waals surface area contributed by atoms with E-state index in [2.05, 4.69) is 165 Å². The summed E-state index contributed by atoms with van der Waals surface area (Å²) in [6, 6.07) is 51.5. The molecule has 0 saturated heterocycles. The molecule has 0 aliphatic rings. The lowest BCUT2D eigenvalue weighted by molar-refractivity contribution is 0.590. The lowest BCUT2D eigenvalue weighted by Gasteiger charge is -2.20. The summed E-state index contributed by atoms with van der Waals surface area (Å²) < 4.78 is 0. The van der Waals surface area contributed by atoms with Gasteiger partial charge in [-0.15, -0.1) is 0 Å². The summed E-state index contributed by atoms with van der Waals surface area (Å²) in [7, 11) is 0. The minimum Gasteiger partial charge on any atom is -0.353 e. The van der Waals surface area contributed by atoms with Gasteiger partial charge in [-0.25, -0.2) is 4.98 Å². The second kappa shape index (κ2) is 11.5. The van der Waals surface area contributed by atoms with Crippen LogP contribution in [0.3, 0.4) is 0 Å². The van der Waals surface area contributed by atoms with Gasteiger partial charge in [-0.05, 0) is 63.6 Å². The standard InChI is InChI=1S/C44H35N3/c1-44(2,3)34-18-10-17-32(25-34)39-27-33(30-15-8-5-9-16-30)28-41(46-39)38-22-12-20-36-35-19-11-21-37(42(35)47-43(36)38)40-26-31(23-24-45-40)29-13-6-4-7-14-29/h4-28,47H,1-3H3. The van der Waals surface area contributed by atoms with Crippen molar-refractivity contribution in [2.24, 2.45) is 0 Å². The first-order valence-corrected chi connectivity index (χ1v) is 16.2. The monoisotopic (exact) mass is 605 g/mol. The maximum atomic E-state index is 5.34. The van der Waals surface area contributed by atoms with Gasteiger partial charge in [0.05, 0.1) is 28.1 Å². The third-order valence-electron chi connectivity index (χ3n) is 9.04. The number of nitrogens with zero attached hydrogens (tertiary/aromatic N) is 2. The van der Waals surface area contributed by atoms with Crippen LogP contribution in [0.4, 0.5) is 0 Å². The topological polar surface area (TPSA) is 41.6 Å². The van der Waals surface area contributed by atoms with E-state index in [0.717, 1.165) is 55.9 Å². The van der Waals surface area contributed by atoms with E-state index in [4.69, 9.17) is 9.97 Å². The summed E-state index contributed by atoms with van der Waals surface area (Å²) in [6.07, 6.45) is 1.90. The molecule has 0 fully saturated rings. The Morgan fingerprint density at radius 3 is 1.66 bits per heavy atom. The number of rotatable bonds is 5. The molecular weight excluding hydrogens is 571 g/mol. The molecule has 3 heteroatoms. The Bertz CT molecular complexity index is 2380. The van der Waals surface area contributed by atoms with Gasteiger partial charge in [0.2, 0.25) is 0 Å². The number of benzene rings is 5. The molecule has 0 atom stereocenters. The highest BCUT2D eigenvalue weighted by Crippen LogP contribution is 2.39. The van der Waals surface area contributed by atoms with Crippen LogP contribution >= 0.6 is 0 Å². The van der Waals surface area contributed by atoms with Gasteiger partial charge in [0.15, 0.2) is 0 Å². The number of hydrogen-bond donors (Lipinski definition) is 1. The molecule has 0 amide bonds. The van der Waals surface area contributed by atoms with E-state index in [1.54, 1.807) is 0 Å². The normalized spacial score (nSPS) is 11.7. The zero-order valence-corrected chi connectivity index (χ0v) is 26.8. The molecule has 0 aliphatic carbocycles. The smallest absolute Gasteiger partial charge is 0.0736 e. The fraction of sp³-hybridized carbons (Fsp3) is 0.0909. The van der Waals surface area contributed by atoms with E-state index in [9.17, 15) is 0 Å². The largest absolute Gasteiger partial charge is 0.353 e. The Morgan fingerprint density at radius 1 is 0.447 bits per heavy atom. The number of aromatic nitrogens is 3. The van der Waals surface area contributed by atoms with E-state index in [1.807, 2.05) is 12.3 Å². The molecule has 0 aliphatic heterocycles. The van der Waals surface area contributed by atoms with Crippen molar-refractivity contribution in [3.05, 3.63) is 157 Å². The Balaban J connectivity index is 1.32. The van der Waals surface area contributed by atoms with E-state index >= 15 is 0 Å². The molecule has 3 aromatic heterocycles. The molecule has 47 heavy (non-hydrogen) atoms.